The van der Waals surface area contributed by atoms with E-state index in [-0.39, 0.29) is 24.3 Å². The number of nitrogens with zero attached hydrogens (tertiary/aromatic N) is 2. The third-order valence-corrected chi connectivity index (χ3v) is 5.30. The fourth-order valence-electron chi connectivity index (χ4n) is 3.44. The first-order valence-corrected chi connectivity index (χ1v) is 9.65. The van der Waals surface area contributed by atoms with Gasteiger partial charge in [0.05, 0.1) is 6.04 Å². The smallest absolute Gasteiger partial charge is 0.237 e. The maximum absolute atomic E-state index is 13.7. The van der Waals surface area contributed by atoms with Crippen molar-refractivity contribution in [2.75, 3.05) is 32.7 Å². The second-order valence-electron chi connectivity index (χ2n) is 7.10. The fourth-order valence-corrected chi connectivity index (χ4v) is 3.44. The van der Waals surface area contributed by atoms with Gasteiger partial charge in [-0.3, -0.25) is 9.69 Å². The van der Waals surface area contributed by atoms with Gasteiger partial charge in [0.1, 0.15) is 5.82 Å². The number of rotatable bonds is 7. The van der Waals surface area contributed by atoms with Gasteiger partial charge in [-0.15, -0.1) is 0 Å². The van der Waals surface area contributed by atoms with Crippen LogP contribution in [0.2, 0.25) is 0 Å². The third-order valence-electron chi connectivity index (χ3n) is 5.30. The van der Waals surface area contributed by atoms with E-state index in [0.717, 1.165) is 39.1 Å². The van der Waals surface area contributed by atoms with E-state index in [1.807, 2.05) is 13.0 Å². The Kier molecular flexibility index (Phi) is 6.96. The van der Waals surface area contributed by atoms with Crippen LogP contribution in [0.1, 0.15) is 18.1 Å². The molecule has 2 aromatic carbocycles. The molecule has 1 saturated heterocycles. The minimum absolute atomic E-state index is 0.0454. The Bertz CT molecular complexity index is 729. The number of hydrogen-bond acceptors (Lipinski definition) is 3. The maximum Gasteiger partial charge on any atom is 0.237 e. The Hall–Kier alpha value is -2.24. The van der Waals surface area contributed by atoms with E-state index in [0.29, 0.717) is 5.56 Å². The molecule has 1 N–H and O–H groups in total. The Balaban J connectivity index is 1.40. The average Bonchev–Trinajstić information content (AvgIpc) is 2.72. The molecule has 1 aliphatic heterocycles. The highest BCUT2D eigenvalue weighted by Crippen LogP contribution is 2.10. The summed E-state index contributed by atoms with van der Waals surface area (Å²) < 4.78 is 13.7. The van der Waals surface area contributed by atoms with E-state index in [1.165, 1.54) is 11.6 Å². The van der Waals surface area contributed by atoms with Gasteiger partial charge < -0.3 is 10.2 Å². The quantitative estimate of drug-likeness (QED) is 0.815. The van der Waals surface area contributed by atoms with Crippen LogP contribution in [0.15, 0.2) is 54.6 Å². The summed E-state index contributed by atoms with van der Waals surface area (Å²) in [6.07, 6.45) is 1.06. The topological polar surface area (TPSA) is 35.6 Å². The summed E-state index contributed by atoms with van der Waals surface area (Å²) in [5.41, 5.74) is 1.88. The molecule has 27 heavy (non-hydrogen) atoms. The SMILES string of the molecule is CC(C(=O)NCc1ccccc1F)N1CCN(CCc2ccccc2)CC1. The Morgan fingerprint density at radius 3 is 2.41 bits per heavy atom. The van der Waals surface area contributed by atoms with Crippen molar-refractivity contribution in [3.63, 3.8) is 0 Å². The molecule has 0 radical (unpaired) electrons. The third kappa shape index (κ3) is 5.62. The molecule has 1 fully saturated rings. The molecule has 1 atom stereocenters. The van der Waals surface area contributed by atoms with Crippen LogP contribution in [0, 0.1) is 5.82 Å². The Morgan fingerprint density at radius 1 is 1.04 bits per heavy atom. The second-order valence-corrected chi connectivity index (χ2v) is 7.10. The molecule has 0 saturated carbocycles. The predicted octanol–water partition coefficient (Wildman–Crippen LogP) is 2.69. The zero-order valence-corrected chi connectivity index (χ0v) is 15.9. The van der Waals surface area contributed by atoms with Crippen molar-refractivity contribution in [3.05, 3.63) is 71.5 Å². The van der Waals surface area contributed by atoms with E-state index in [2.05, 4.69) is 39.4 Å². The van der Waals surface area contributed by atoms with E-state index in [9.17, 15) is 9.18 Å². The van der Waals surface area contributed by atoms with Crippen molar-refractivity contribution in [3.8, 4) is 0 Å². The lowest BCUT2D eigenvalue weighted by atomic mass is 10.1. The lowest BCUT2D eigenvalue weighted by Crippen LogP contribution is -2.54. The highest BCUT2D eigenvalue weighted by molar-refractivity contribution is 5.81. The van der Waals surface area contributed by atoms with Gasteiger partial charge in [0.2, 0.25) is 5.91 Å². The number of nitrogens with one attached hydrogen (secondary N) is 1. The summed E-state index contributed by atoms with van der Waals surface area (Å²) in [6.45, 7) is 6.90. The van der Waals surface area contributed by atoms with Gasteiger partial charge in [0.15, 0.2) is 0 Å². The minimum Gasteiger partial charge on any atom is -0.351 e. The highest BCUT2D eigenvalue weighted by atomic mass is 19.1. The summed E-state index contributed by atoms with van der Waals surface area (Å²) in [5, 5.41) is 2.86. The van der Waals surface area contributed by atoms with Gasteiger partial charge in [-0.25, -0.2) is 4.39 Å². The van der Waals surface area contributed by atoms with Crippen LogP contribution in [0.3, 0.4) is 0 Å². The number of benzene rings is 2. The van der Waals surface area contributed by atoms with Crippen molar-refractivity contribution >= 4 is 5.91 Å². The second kappa shape index (κ2) is 9.62. The number of piperazine rings is 1. The van der Waals surface area contributed by atoms with Crippen LogP contribution in [0.4, 0.5) is 4.39 Å². The van der Waals surface area contributed by atoms with Gasteiger partial charge in [-0.05, 0) is 25.0 Å². The standard InChI is InChI=1S/C22H28FN3O/c1-18(22(27)24-17-20-9-5-6-10-21(20)23)26-15-13-25(14-16-26)12-11-19-7-3-2-4-8-19/h2-10,18H,11-17H2,1H3,(H,24,27). The molecule has 5 heteroatoms. The van der Waals surface area contributed by atoms with Crippen molar-refractivity contribution in [1.29, 1.82) is 0 Å². The van der Waals surface area contributed by atoms with Crippen LogP contribution in [0.25, 0.3) is 0 Å². The number of halogens is 1. The van der Waals surface area contributed by atoms with Gasteiger partial charge in [-0.1, -0.05) is 48.5 Å². The van der Waals surface area contributed by atoms with E-state index in [4.69, 9.17) is 0 Å². The van der Waals surface area contributed by atoms with Gasteiger partial charge in [0, 0.05) is 44.8 Å². The van der Waals surface area contributed by atoms with Crippen LogP contribution in [0.5, 0.6) is 0 Å². The molecule has 0 spiro atoms. The molecule has 0 aliphatic carbocycles. The Labute approximate surface area is 161 Å². The monoisotopic (exact) mass is 369 g/mol. The molecule has 0 aromatic heterocycles. The molecule has 2 aromatic rings. The average molecular weight is 369 g/mol. The summed E-state index contributed by atoms with van der Waals surface area (Å²) in [6, 6.07) is 16.9. The predicted molar refractivity (Wildman–Crippen MR) is 106 cm³/mol. The summed E-state index contributed by atoms with van der Waals surface area (Å²) in [5.74, 6) is -0.325. The molecule has 0 bridgehead atoms. The normalized spacial score (nSPS) is 16.8. The molecule has 1 amide bonds. The lowest BCUT2D eigenvalue weighted by molar-refractivity contribution is -0.126. The number of carbonyl (C=O) groups is 1. The molecule has 1 aliphatic rings. The first-order valence-electron chi connectivity index (χ1n) is 9.65. The lowest BCUT2D eigenvalue weighted by Gasteiger charge is -2.37. The first-order chi connectivity index (χ1) is 13.1. The van der Waals surface area contributed by atoms with Gasteiger partial charge in [-0.2, -0.15) is 0 Å². The molecule has 144 valence electrons. The van der Waals surface area contributed by atoms with Gasteiger partial charge >= 0.3 is 0 Å². The van der Waals surface area contributed by atoms with Gasteiger partial charge in [0.25, 0.3) is 0 Å². The van der Waals surface area contributed by atoms with E-state index < -0.39 is 0 Å². The van der Waals surface area contributed by atoms with Crippen molar-refractivity contribution in [2.45, 2.75) is 25.9 Å². The van der Waals surface area contributed by atoms with Crippen LogP contribution < -0.4 is 5.32 Å². The summed E-state index contributed by atoms with van der Waals surface area (Å²) >= 11 is 0. The minimum atomic E-state index is -0.280. The molecule has 4 nitrogen and oxygen atoms in total. The van der Waals surface area contributed by atoms with Crippen LogP contribution in [-0.2, 0) is 17.8 Å². The van der Waals surface area contributed by atoms with Crippen molar-refractivity contribution < 1.29 is 9.18 Å². The first kappa shape index (κ1) is 19.5. The van der Waals surface area contributed by atoms with E-state index >= 15 is 0 Å². The molecular weight excluding hydrogens is 341 g/mol. The molecule has 1 heterocycles. The zero-order valence-electron chi connectivity index (χ0n) is 15.9. The summed E-state index contributed by atoms with van der Waals surface area (Å²) in [4.78, 5) is 17.1. The molecular formula is C22H28FN3O. The Morgan fingerprint density at radius 2 is 1.70 bits per heavy atom. The fraction of sp³-hybridized carbons (Fsp3) is 0.409. The van der Waals surface area contributed by atoms with Crippen LogP contribution in [-0.4, -0.2) is 54.5 Å². The zero-order chi connectivity index (χ0) is 19.1. The number of amides is 1. The van der Waals surface area contributed by atoms with E-state index in [1.54, 1.807) is 18.2 Å². The molecule has 1 unspecified atom stereocenters. The largest absolute Gasteiger partial charge is 0.351 e. The number of hydrogen-bond donors (Lipinski definition) is 1. The number of carbonyl (C=O) groups excluding carboxylic acids is 1. The van der Waals surface area contributed by atoms with Crippen molar-refractivity contribution in [2.24, 2.45) is 0 Å². The highest BCUT2D eigenvalue weighted by Gasteiger charge is 2.25. The molecule has 3 rings (SSSR count). The van der Waals surface area contributed by atoms with Crippen molar-refractivity contribution in [1.82, 2.24) is 15.1 Å². The van der Waals surface area contributed by atoms with Crippen LogP contribution >= 0.6 is 0 Å². The summed E-state index contributed by atoms with van der Waals surface area (Å²) in [7, 11) is 0. The maximum atomic E-state index is 13.7.